The second kappa shape index (κ2) is 5.25. The normalized spacial score (nSPS) is 18.0. The van der Waals surface area contributed by atoms with E-state index in [2.05, 4.69) is 14.9 Å². The van der Waals surface area contributed by atoms with Crippen LogP contribution in [0.15, 0.2) is 21.7 Å². The summed E-state index contributed by atoms with van der Waals surface area (Å²) in [5, 5.41) is 22.9. The highest BCUT2D eigenvalue weighted by molar-refractivity contribution is 7.89. The molecule has 0 aliphatic heterocycles. The summed E-state index contributed by atoms with van der Waals surface area (Å²) in [5.74, 6) is -1.26. The summed E-state index contributed by atoms with van der Waals surface area (Å²) in [6, 6.07) is 1.39. The zero-order valence-corrected chi connectivity index (χ0v) is 13.0. The number of carbonyl (C=O) groups is 1. The van der Waals surface area contributed by atoms with Crippen molar-refractivity contribution in [1.82, 2.24) is 14.9 Å². The van der Waals surface area contributed by atoms with E-state index in [4.69, 9.17) is 9.63 Å². The summed E-state index contributed by atoms with van der Waals surface area (Å²) in [5.41, 5.74) is -1.27. The Labute approximate surface area is 131 Å². The Morgan fingerprint density at radius 1 is 1.52 bits per heavy atom. The molecule has 3 N–H and O–H groups in total. The predicted molar refractivity (Wildman–Crippen MR) is 77.2 cm³/mol. The van der Waals surface area contributed by atoms with Crippen LogP contribution in [0.1, 0.15) is 31.4 Å². The van der Waals surface area contributed by atoms with E-state index in [1.165, 1.54) is 6.07 Å². The van der Waals surface area contributed by atoms with E-state index in [-0.39, 0.29) is 16.5 Å². The molecule has 23 heavy (non-hydrogen) atoms. The monoisotopic (exact) mass is 341 g/mol. The Kier molecular flexibility index (Phi) is 3.62. The highest BCUT2D eigenvalue weighted by Gasteiger charge is 2.33. The summed E-state index contributed by atoms with van der Waals surface area (Å²) in [4.78, 5) is 14.6. The minimum atomic E-state index is -4.02. The van der Waals surface area contributed by atoms with Gasteiger partial charge < -0.3 is 14.7 Å². The summed E-state index contributed by atoms with van der Waals surface area (Å²) >= 11 is 0. The van der Waals surface area contributed by atoms with Crippen molar-refractivity contribution >= 4 is 27.1 Å². The molecule has 124 valence electrons. The predicted octanol–water partition coefficient (Wildman–Crippen LogP) is 0.214. The lowest BCUT2D eigenvalue weighted by Crippen LogP contribution is -2.46. The third-order valence-electron chi connectivity index (χ3n) is 3.67. The number of hydrogen-bond acceptors (Lipinski definition) is 7. The second-order valence-electron chi connectivity index (χ2n) is 5.77. The van der Waals surface area contributed by atoms with Crippen molar-refractivity contribution in [3.63, 3.8) is 0 Å². The van der Waals surface area contributed by atoms with Crippen molar-refractivity contribution in [2.75, 3.05) is 6.54 Å². The Bertz CT molecular complexity index is 869. The quantitative estimate of drug-likeness (QED) is 0.677. The third kappa shape index (κ3) is 3.05. The van der Waals surface area contributed by atoms with Crippen LogP contribution in [-0.4, -0.2) is 46.9 Å². The standard InChI is InChI=1S/C13H15N3O6S/c1-13(19,12(17)18)6-15-23(20,21)8-4-9-10(7-2-3-7)16-22-11(9)14-5-8/h4-5,7,15,19H,2-3,6H2,1H3,(H,17,18). The number of nitrogens with zero attached hydrogens (tertiary/aromatic N) is 2. The number of rotatable bonds is 6. The van der Waals surface area contributed by atoms with Gasteiger partial charge in [-0.1, -0.05) is 5.16 Å². The van der Waals surface area contributed by atoms with Gasteiger partial charge in [-0.05, 0) is 25.8 Å². The molecule has 1 unspecified atom stereocenters. The fourth-order valence-electron chi connectivity index (χ4n) is 2.02. The molecule has 1 saturated carbocycles. The van der Waals surface area contributed by atoms with E-state index in [1.54, 1.807) is 0 Å². The molecule has 1 aliphatic carbocycles. The number of aromatic nitrogens is 2. The number of aliphatic hydroxyl groups is 1. The Hall–Kier alpha value is -2.04. The Morgan fingerprint density at radius 3 is 2.83 bits per heavy atom. The molecule has 2 aromatic rings. The lowest BCUT2D eigenvalue weighted by atomic mass is 10.1. The van der Waals surface area contributed by atoms with Crippen molar-refractivity contribution in [2.24, 2.45) is 0 Å². The van der Waals surface area contributed by atoms with Crippen LogP contribution in [0.5, 0.6) is 0 Å². The summed E-state index contributed by atoms with van der Waals surface area (Å²) in [7, 11) is -4.02. The van der Waals surface area contributed by atoms with Crippen molar-refractivity contribution < 1.29 is 27.9 Å². The minimum absolute atomic E-state index is 0.142. The van der Waals surface area contributed by atoms with Crippen molar-refractivity contribution in [2.45, 2.75) is 36.2 Å². The smallest absolute Gasteiger partial charge is 0.336 e. The van der Waals surface area contributed by atoms with Crippen LogP contribution >= 0.6 is 0 Å². The number of nitrogens with one attached hydrogen (secondary N) is 1. The summed E-state index contributed by atoms with van der Waals surface area (Å²) < 4.78 is 31.7. The lowest BCUT2D eigenvalue weighted by Gasteiger charge is -2.18. The highest BCUT2D eigenvalue weighted by Crippen LogP contribution is 2.42. The molecule has 2 aromatic heterocycles. The van der Waals surface area contributed by atoms with E-state index < -0.39 is 28.1 Å². The number of sulfonamides is 1. The molecule has 0 aromatic carbocycles. The maximum Gasteiger partial charge on any atom is 0.336 e. The first-order chi connectivity index (χ1) is 10.7. The zero-order valence-electron chi connectivity index (χ0n) is 12.2. The average molecular weight is 341 g/mol. The zero-order chi connectivity index (χ0) is 16.8. The fourth-order valence-corrected chi connectivity index (χ4v) is 3.13. The van der Waals surface area contributed by atoms with E-state index in [9.17, 15) is 18.3 Å². The molecular formula is C13H15N3O6S. The number of pyridine rings is 1. The van der Waals surface area contributed by atoms with Gasteiger partial charge in [0.25, 0.3) is 5.71 Å². The fraction of sp³-hybridized carbons (Fsp3) is 0.462. The van der Waals surface area contributed by atoms with Gasteiger partial charge in [0.15, 0.2) is 5.60 Å². The molecule has 2 heterocycles. The largest absolute Gasteiger partial charge is 0.479 e. The molecule has 1 fully saturated rings. The first-order valence-corrected chi connectivity index (χ1v) is 8.40. The van der Waals surface area contributed by atoms with Gasteiger partial charge >= 0.3 is 5.97 Å². The number of carboxylic acids is 1. The van der Waals surface area contributed by atoms with Crippen molar-refractivity contribution in [1.29, 1.82) is 0 Å². The summed E-state index contributed by atoms with van der Waals surface area (Å²) in [6.45, 7) is 0.340. The van der Waals surface area contributed by atoms with E-state index in [0.717, 1.165) is 26.0 Å². The van der Waals surface area contributed by atoms with Crippen LogP contribution in [0.4, 0.5) is 0 Å². The highest BCUT2D eigenvalue weighted by atomic mass is 32.2. The van der Waals surface area contributed by atoms with Crippen molar-refractivity contribution in [3.05, 3.63) is 18.0 Å². The first kappa shape index (κ1) is 15.8. The van der Waals surface area contributed by atoms with E-state index in [0.29, 0.717) is 11.1 Å². The van der Waals surface area contributed by atoms with Crippen LogP contribution in [0.25, 0.3) is 11.1 Å². The molecule has 3 rings (SSSR count). The van der Waals surface area contributed by atoms with Crippen LogP contribution in [0, 0.1) is 0 Å². The minimum Gasteiger partial charge on any atom is -0.479 e. The van der Waals surface area contributed by atoms with Gasteiger partial charge in [-0.15, -0.1) is 0 Å². The molecule has 1 atom stereocenters. The first-order valence-electron chi connectivity index (χ1n) is 6.91. The number of fused-ring (bicyclic) bond motifs is 1. The summed E-state index contributed by atoms with van der Waals surface area (Å²) in [6.07, 6.45) is 3.04. The Balaban J connectivity index is 1.89. The molecule has 10 heteroatoms. The third-order valence-corrected chi connectivity index (χ3v) is 5.04. The second-order valence-corrected chi connectivity index (χ2v) is 7.54. The maximum atomic E-state index is 12.3. The van der Waals surface area contributed by atoms with Gasteiger partial charge in [-0.3, -0.25) is 0 Å². The van der Waals surface area contributed by atoms with Gasteiger partial charge in [0.05, 0.1) is 23.8 Å². The average Bonchev–Trinajstić information content (AvgIpc) is 3.24. The molecule has 9 nitrogen and oxygen atoms in total. The molecule has 0 radical (unpaired) electrons. The van der Waals surface area contributed by atoms with E-state index >= 15 is 0 Å². The number of hydrogen-bond donors (Lipinski definition) is 3. The Morgan fingerprint density at radius 2 is 2.22 bits per heavy atom. The molecule has 0 saturated heterocycles. The van der Waals surface area contributed by atoms with Crippen LogP contribution < -0.4 is 4.72 Å². The van der Waals surface area contributed by atoms with E-state index in [1.807, 2.05) is 0 Å². The van der Waals surface area contributed by atoms with Crippen LogP contribution in [-0.2, 0) is 14.8 Å². The lowest BCUT2D eigenvalue weighted by molar-refractivity contribution is -0.155. The molecular weight excluding hydrogens is 326 g/mol. The number of aliphatic carboxylic acids is 1. The maximum absolute atomic E-state index is 12.3. The van der Waals surface area contributed by atoms with Crippen LogP contribution in [0.2, 0.25) is 0 Å². The topological polar surface area (TPSA) is 143 Å². The number of carboxylic acid groups (broad SMARTS) is 1. The van der Waals surface area contributed by atoms with Crippen LogP contribution in [0.3, 0.4) is 0 Å². The SMILES string of the molecule is CC(O)(CNS(=O)(=O)c1cnc2onc(C3CC3)c2c1)C(=O)O. The van der Waals surface area contributed by atoms with Gasteiger partial charge in [0.1, 0.15) is 4.90 Å². The molecule has 1 aliphatic rings. The molecule has 0 spiro atoms. The molecule has 0 bridgehead atoms. The van der Waals surface area contributed by atoms with Gasteiger partial charge in [0, 0.05) is 5.92 Å². The van der Waals surface area contributed by atoms with Gasteiger partial charge in [-0.25, -0.2) is 22.9 Å². The van der Waals surface area contributed by atoms with Crippen molar-refractivity contribution in [3.8, 4) is 0 Å². The van der Waals surface area contributed by atoms with Gasteiger partial charge in [0.2, 0.25) is 10.0 Å². The molecule has 0 amide bonds. The van der Waals surface area contributed by atoms with Gasteiger partial charge in [-0.2, -0.15) is 0 Å².